The average Bonchev–Trinajstić information content (AvgIpc) is 2.64. The maximum absolute atomic E-state index is 10.6. The normalized spacial score (nSPS) is 18.2. The summed E-state index contributed by atoms with van der Waals surface area (Å²) in [4.78, 5) is 2.12. The molecule has 3 heteroatoms. The van der Waals surface area contributed by atoms with E-state index in [9.17, 15) is 5.11 Å². The van der Waals surface area contributed by atoms with Crippen LogP contribution >= 0.6 is 0 Å². The molecule has 25 heavy (non-hydrogen) atoms. The van der Waals surface area contributed by atoms with Crippen LogP contribution in [-0.2, 0) is 0 Å². The lowest BCUT2D eigenvalue weighted by molar-refractivity contribution is 0.506. The molecule has 0 atom stereocenters. The van der Waals surface area contributed by atoms with Crippen molar-refractivity contribution < 1.29 is 5.11 Å². The number of rotatable bonds is 1. The molecular formula is C22H20N2O. The van der Waals surface area contributed by atoms with E-state index < -0.39 is 0 Å². The van der Waals surface area contributed by atoms with Gasteiger partial charge in [-0.2, -0.15) is 0 Å². The number of anilines is 2. The number of aliphatic hydroxyl groups excluding tert-OH is 1. The van der Waals surface area contributed by atoms with Gasteiger partial charge in [0.2, 0.25) is 0 Å². The second-order valence-corrected chi connectivity index (χ2v) is 6.36. The van der Waals surface area contributed by atoms with Crippen molar-refractivity contribution in [3.8, 4) is 0 Å². The summed E-state index contributed by atoms with van der Waals surface area (Å²) in [7, 11) is 2.03. The minimum absolute atomic E-state index is 0.333. The van der Waals surface area contributed by atoms with Crippen LogP contribution in [0, 0.1) is 0 Å². The molecule has 2 aromatic carbocycles. The molecule has 1 heterocycles. The molecule has 2 aliphatic rings. The topological polar surface area (TPSA) is 49.5 Å². The Kier molecular flexibility index (Phi) is 3.69. The van der Waals surface area contributed by atoms with Gasteiger partial charge in [0, 0.05) is 29.9 Å². The van der Waals surface area contributed by atoms with E-state index in [1.54, 1.807) is 0 Å². The SMILES string of the molecule is CN1c2ccccc2C(O)=c2cc/c(=C\C=C3C=CCC(N)=C3)cc21. The van der Waals surface area contributed by atoms with Crippen molar-refractivity contribution in [1.29, 1.82) is 0 Å². The number of aliphatic hydroxyl groups is 1. The van der Waals surface area contributed by atoms with Gasteiger partial charge in [0.25, 0.3) is 0 Å². The number of benzene rings is 2. The van der Waals surface area contributed by atoms with Gasteiger partial charge in [-0.3, -0.25) is 0 Å². The van der Waals surface area contributed by atoms with Crippen molar-refractivity contribution in [2.45, 2.75) is 6.42 Å². The summed E-state index contributed by atoms with van der Waals surface area (Å²) in [5.41, 5.74) is 10.7. The molecule has 0 saturated heterocycles. The van der Waals surface area contributed by atoms with E-state index >= 15 is 0 Å². The van der Waals surface area contributed by atoms with E-state index in [0.717, 1.165) is 45.1 Å². The van der Waals surface area contributed by atoms with Gasteiger partial charge in [0.05, 0.1) is 11.4 Å². The largest absolute Gasteiger partial charge is 0.507 e. The van der Waals surface area contributed by atoms with Crippen LogP contribution in [0.4, 0.5) is 11.4 Å². The zero-order valence-corrected chi connectivity index (χ0v) is 14.1. The Morgan fingerprint density at radius 3 is 2.76 bits per heavy atom. The zero-order valence-electron chi connectivity index (χ0n) is 14.1. The fraction of sp³-hybridized carbons (Fsp3) is 0.0909. The van der Waals surface area contributed by atoms with Gasteiger partial charge >= 0.3 is 0 Å². The van der Waals surface area contributed by atoms with Gasteiger partial charge in [-0.15, -0.1) is 0 Å². The summed E-state index contributed by atoms with van der Waals surface area (Å²) in [6.07, 6.45) is 11.1. The molecule has 0 unspecified atom stereocenters. The molecule has 1 aliphatic heterocycles. The van der Waals surface area contributed by atoms with Crippen LogP contribution in [-0.4, -0.2) is 12.2 Å². The summed E-state index contributed by atoms with van der Waals surface area (Å²) in [5.74, 6) is 0.333. The van der Waals surface area contributed by atoms with Crippen molar-refractivity contribution in [2.75, 3.05) is 11.9 Å². The lowest BCUT2D eigenvalue weighted by Gasteiger charge is -2.27. The third kappa shape index (κ3) is 2.74. The van der Waals surface area contributed by atoms with Crippen molar-refractivity contribution in [1.82, 2.24) is 0 Å². The van der Waals surface area contributed by atoms with Crippen LogP contribution in [0.3, 0.4) is 0 Å². The van der Waals surface area contributed by atoms with Crippen molar-refractivity contribution in [3.05, 3.63) is 94.0 Å². The Labute approximate surface area is 147 Å². The molecule has 3 nitrogen and oxygen atoms in total. The highest BCUT2D eigenvalue weighted by Gasteiger charge is 2.19. The van der Waals surface area contributed by atoms with E-state index in [4.69, 9.17) is 5.73 Å². The van der Waals surface area contributed by atoms with Crippen LogP contribution in [0.5, 0.6) is 0 Å². The molecule has 4 rings (SSSR count). The molecule has 3 N–H and O–H groups in total. The second kappa shape index (κ2) is 6.02. The molecular weight excluding hydrogens is 308 g/mol. The minimum atomic E-state index is 0.333. The first-order valence-electron chi connectivity index (χ1n) is 8.34. The van der Waals surface area contributed by atoms with Crippen LogP contribution in [0.1, 0.15) is 12.0 Å². The Bertz CT molecular complexity index is 1060. The van der Waals surface area contributed by atoms with Crippen molar-refractivity contribution in [2.24, 2.45) is 5.73 Å². The monoisotopic (exact) mass is 328 g/mol. The number of hydrogen-bond donors (Lipinski definition) is 2. The van der Waals surface area contributed by atoms with E-state index in [0.29, 0.717) is 5.76 Å². The molecule has 0 fully saturated rings. The summed E-state index contributed by atoms with van der Waals surface area (Å²) >= 11 is 0. The third-order valence-electron chi connectivity index (χ3n) is 4.64. The molecule has 0 amide bonds. The Balaban J connectivity index is 1.83. The minimum Gasteiger partial charge on any atom is -0.507 e. The highest BCUT2D eigenvalue weighted by molar-refractivity contribution is 5.83. The molecule has 0 spiro atoms. The highest BCUT2D eigenvalue weighted by atomic mass is 16.3. The summed E-state index contributed by atoms with van der Waals surface area (Å²) in [5, 5.41) is 12.6. The zero-order chi connectivity index (χ0) is 17.4. The van der Waals surface area contributed by atoms with Gasteiger partial charge in [0.1, 0.15) is 5.76 Å². The number of fused-ring (bicyclic) bond motifs is 2. The average molecular weight is 328 g/mol. The summed E-state index contributed by atoms with van der Waals surface area (Å²) in [6, 6.07) is 14.0. The number of para-hydroxylation sites is 1. The Hall–Kier alpha value is -3.20. The molecule has 0 bridgehead atoms. The molecule has 0 aromatic heterocycles. The predicted molar refractivity (Wildman–Crippen MR) is 104 cm³/mol. The van der Waals surface area contributed by atoms with Gasteiger partial charge in [-0.1, -0.05) is 42.5 Å². The summed E-state index contributed by atoms with van der Waals surface area (Å²) < 4.78 is 0. The van der Waals surface area contributed by atoms with E-state index in [1.165, 1.54) is 0 Å². The molecule has 124 valence electrons. The Morgan fingerprint density at radius 1 is 1.08 bits per heavy atom. The maximum Gasteiger partial charge on any atom is 0.134 e. The number of nitrogens with two attached hydrogens (primary N) is 1. The molecule has 0 radical (unpaired) electrons. The van der Waals surface area contributed by atoms with Crippen LogP contribution in [0.15, 0.2) is 78.0 Å². The van der Waals surface area contributed by atoms with Gasteiger partial charge in [0.15, 0.2) is 0 Å². The molecule has 1 aliphatic carbocycles. The van der Waals surface area contributed by atoms with Crippen molar-refractivity contribution in [3.63, 3.8) is 0 Å². The predicted octanol–water partition coefficient (Wildman–Crippen LogP) is 2.99. The lowest BCUT2D eigenvalue weighted by Crippen LogP contribution is -2.28. The van der Waals surface area contributed by atoms with E-state index in [1.807, 2.05) is 49.5 Å². The number of nitrogens with zero attached hydrogens (tertiary/aromatic N) is 1. The number of hydrogen-bond acceptors (Lipinski definition) is 3. The quantitative estimate of drug-likeness (QED) is 0.846. The van der Waals surface area contributed by atoms with Crippen LogP contribution < -0.4 is 21.1 Å². The highest BCUT2D eigenvalue weighted by Crippen LogP contribution is 2.31. The molecule has 0 saturated carbocycles. The summed E-state index contributed by atoms with van der Waals surface area (Å²) in [6.45, 7) is 0. The number of allylic oxidation sites excluding steroid dienone is 5. The first kappa shape index (κ1) is 15.3. The standard InChI is InChI=1S/C22H20N2O/c1-24-20-8-3-2-7-18(20)22(25)19-12-11-16(14-21(19)24)10-9-15-5-4-6-17(23)13-15/h2-5,7-14,25H,6,23H2,1H3/b15-9?,16-10+. The smallest absolute Gasteiger partial charge is 0.134 e. The Morgan fingerprint density at radius 2 is 1.92 bits per heavy atom. The van der Waals surface area contributed by atoms with Gasteiger partial charge in [-0.05, 0) is 41.1 Å². The fourth-order valence-electron chi connectivity index (χ4n) is 3.32. The second-order valence-electron chi connectivity index (χ2n) is 6.36. The van der Waals surface area contributed by atoms with Crippen LogP contribution in [0.2, 0.25) is 0 Å². The van der Waals surface area contributed by atoms with E-state index in [2.05, 4.69) is 35.3 Å². The maximum atomic E-state index is 10.6. The lowest BCUT2D eigenvalue weighted by atomic mass is 10.0. The fourth-order valence-corrected chi connectivity index (χ4v) is 3.32. The van der Waals surface area contributed by atoms with Crippen molar-refractivity contribution >= 4 is 23.2 Å². The first-order chi connectivity index (χ1) is 12.1. The molecule has 2 aromatic rings. The van der Waals surface area contributed by atoms with Gasteiger partial charge < -0.3 is 15.7 Å². The first-order valence-corrected chi connectivity index (χ1v) is 8.34. The third-order valence-corrected chi connectivity index (χ3v) is 4.64. The van der Waals surface area contributed by atoms with Crippen LogP contribution in [0.25, 0.3) is 11.8 Å². The van der Waals surface area contributed by atoms with E-state index in [-0.39, 0.29) is 0 Å². The van der Waals surface area contributed by atoms with Gasteiger partial charge in [-0.25, -0.2) is 0 Å².